The van der Waals surface area contributed by atoms with Gasteiger partial charge in [0.15, 0.2) is 0 Å². The maximum Gasteiger partial charge on any atom is 0.226 e. The molecule has 0 aliphatic carbocycles. The quantitative estimate of drug-likeness (QED) is 0.901. The smallest absolute Gasteiger partial charge is 0.226 e. The van der Waals surface area contributed by atoms with Crippen LogP contribution in [0, 0.1) is 12.7 Å². The monoisotopic (exact) mass is 247 g/mol. The number of aromatic nitrogens is 2. The number of halogens is 1. The van der Waals surface area contributed by atoms with Crippen LogP contribution in [0.2, 0.25) is 0 Å². The zero-order valence-electron chi connectivity index (χ0n) is 10.1. The van der Waals surface area contributed by atoms with Crippen molar-refractivity contribution >= 4 is 11.6 Å². The summed E-state index contributed by atoms with van der Waals surface area (Å²) < 4.78 is 14.6. The average Bonchev–Trinajstić information content (AvgIpc) is 2.83. The second kappa shape index (κ2) is 5.44. The Bertz CT molecular complexity index is 537. The normalized spacial score (nSPS) is 10.3. The minimum Gasteiger partial charge on any atom is -0.326 e. The first-order chi connectivity index (χ1) is 8.65. The SMILES string of the molecule is Cc1cc(F)ccc1NC(=O)CCn1cccn1. The first kappa shape index (κ1) is 12.3. The number of nitrogens with zero attached hydrogens (tertiary/aromatic N) is 2. The molecule has 0 fully saturated rings. The fourth-order valence-electron chi connectivity index (χ4n) is 1.63. The third-order valence-corrected chi connectivity index (χ3v) is 2.59. The molecule has 5 heteroatoms. The third-order valence-electron chi connectivity index (χ3n) is 2.59. The van der Waals surface area contributed by atoms with Crippen molar-refractivity contribution in [3.05, 3.63) is 48.0 Å². The number of rotatable bonds is 4. The molecule has 0 bridgehead atoms. The van der Waals surface area contributed by atoms with Crippen LogP contribution in [0.4, 0.5) is 10.1 Å². The molecule has 0 unspecified atom stereocenters. The highest BCUT2D eigenvalue weighted by Gasteiger charge is 2.05. The highest BCUT2D eigenvalue weighted by molar-refractivity contribution is 5.91. The molecule has 18 heavy (non-hydrogen) atoms. The van der Waals surface area contributed by atoms with Crippen LogP contribution in [0.25, 0.3) is 0 Å². The zero-order valence-corrected chi connectivity index (χ0v) is 10.1. The van der Waals surface area contributed by atoms with Gasteiger partial charge < -0.3 is 5.32 Å². The Morgan fingerprint density at radius 2 is 2.33 bits per heavy atom. The molecular formula is C13H14FN3O. The second-order valence-corrected chi connectivity index (χ2v) is 4.03. The number of anilines is 1. The average molecular weight is 247 g/mol. The number of carbonyl (C=O) groups excluding carboxylic acids is 1. The Kier molecular flexibility index (Phi) is 3.72. The highest BCUT2D eigenvalue weighted by Crippen LogP contribution is 2.15. The molecule has 0 aliphatic rings. The summed E-state index contributed by atoms with van der Waals surface area (Å²) in [7, 11) is 0. The van der Waals surface area contributed by atoms with Gasteiger partial charge in [-0.25, -0.2) is 4.39 Å². The molecule has 0 saturated carbocycles. The molecule has 2 rings (SSSR count). The van der Waals surface area contributed by atoms with Crippen molar-refractivity contribution in [2.45, 2.75) is 19.9 Å². The molecule has 0 radical (unpaired) electrons. The Hall–Kier alpha value is -2.17. The van der Waals surface area contributed by atoms with Crippen molar-refractivity contribution in [2.75, 3.05) is 5.32 Å². The largest absolute Gasteiger partial charge is 0.326 e. The number of carbonyl (C=O) groups is 1. The van der Waals surface area contributed by atoms with E-state index in [2.05, 4.69) is 10.4 Å². The molecular weight excluding hydrogens is 233 g/mol. The predicted molar refractivity (Wildman–Crippen MR) is 66.6 cm³/mol. The van der Waals surface area contributed by atoms with Crippen molar-refractivity contribution in [3.8, 4) is 0 Å². The van der Waals surface area contributed by atoms with E-state index in [0.717, 1.165) is 0 Å². The van der Waals surface area contributed by atoms with Crippen molar-refractivity contribution in [3.63, 3.8) is 0 Å². The Morgan fingerprint density at radius 3 is 3.00 bits per heavy atom. The van der Waals surface area contributed by atoms with E-state index in [-0.39, 0.29) is 11.7 Å². The van der Waals surface area contributed by atoms with Crippen molar-refractivity contribution in [1.29, 1.82) is 0 Å². The Balaban J connectivity index is 1.91. The molecule has 1 aromatic heterocycles. The van der Waals surface area contributed by atoms with Gasteiger partial charge in [0.25, 0.3) is 0 Å². The van der Waals surface area contributed by atoms with Gasteiger partial charge in [-0.1, -0.05) is 0 Å². The van der Waals surface area contributed by atoms with E-state index in [1.165, 1.54) is 12.1 Å². The fourth-order valence-corrected chi connectivity index (χ4v) is 1.63. The van der Waals surface area contributed by atoms with E-state index in [0.29, 0.717) is 24.2 Å². The van der Waals surface area contributed by atoms with Gasteiger partial charge in [-0.2, -0.15) is 5.10 Å². The van der Waals surface area contributed by atoms with Gasteiger partial charge >= 0.3 is 0 Å². The van der Waals surface area contributed by atoms with Crippen molar-refractivity contribution < 1.29 is 9.18 Å². The van der Waals surface area contributed by atoms with E-state index in [4.69, 9.17) is 0 Å². The van der Waals surface area contributed by atoms with E-state index >= 15 is 0 Å². The molecule has 4 nitrogen and oxygen atoms in total. The lowest BCUT2D eigenvalue weighted by atomic mass is 10.2. The summed E-state index contributed by atoms with van der Waals surface area (Å²) in [6.45, 7) is 2.28. The minimum absolute atomic E-state index is 0.111. The summed E-state index contributed by atoms with van der Waals surface area (Å²) in [6.07, 6.45) is 3.80. The van der Waals surface area contributed by atoms with Crippen LogP contribution in [0.1, 0.15) is 12.0 Å². The van der Waals surface area contributed by atoms with Gasteiger partial charge in [0, 0.05) is 31.0 Å². The fraction of sp³-hybridized carbons (Fsp3) is 0.231. The maximum absolute atomic E-state index is 12.9. The predicted octanol–water partition coefficient (Wildman–Crippen LogP) is 2.36. The molecule has 0 saturated heterocycles. The summed E-state index contributed by atoms with van der Waals surface area (Å²) in [6, 6.07) is 6.09. The Labute approximate surface area is 104 Å². The van der Waals surface area contributed by atoms with E-state index in [9.17, 15) is 9.18 Å². The molecule has 0 atom stereocenters. The van der Waals surface area contributed by atoms with E-state index in [1.54, 1.807) is 30.1 Å². The first-order valence-electron chi connectivity index (χ1n) is 5.68. The molecule has 1 amide bonds. The molecule has 1 N–H and O–H groups in total. The molecule has 94 valence electrons. The molecule has 1 heterocycles. The number of amides is 1. The lowest BCUT2D eigenvalue weighted by Crippen LogP contribution is -2.15. The number of benzene rings is 1. The second-order valence-electron chi connectivity index (χ2n) is 4.03. The van der Waals surface area contributed by atoms with Crippen LogP contribution >= 0.6 is 0 Å². The summed E-state index contributed by atoms with van der Waals surface area (Å²) in [5.41, 5.74) is 1.35. The summed E-state index contributed by atoms with van der Waals surface area (Å²) >= 11 is 0. The topological polar surface area (TPSA) is 46.9 Å². The van der Waals surface area contributed by atoms with Crippen molar-refractivity contribution in [1.82, 2.24) is 9.78 Å². The van der Waals surface area contributed by atoms with Crippen LogP contribution in [-0.4, -0.2) is 15.7 Å². The first-order valence-corrected chi connectivity index (χ1v) is 5.68. The number of hydrogen-bond donors (Lipinski definition) is 1. The van der Waals surface area contributed by atoms with Crippen LogP contribution in [-0.2, 0) is 11.3 Å². The maximum atomic E-state index is 12.9. The molecule has 2 aromatic rings. The van der Waals surface area contributed by atoms with Crippen LogP contribution < -0.4 is 5.32 Å². The zero-order chi connectivity index (χ0) is 13.0. The third kappa shape index (κ3) is 3.16. The minimum atomic E-state index is -0.304. The number of aryl methyl sites for hydroxylation is 2. The van der Waals surface area contributed by atoms with Crippen LogP contribution in [0.3, 0.4) is 0 Å². The van der Waals surface area contributed by atoms with Gasteiger partial charge in [0.2, 0.25) is 5.91 Å². The summed E-state index contributed by atoms with van der Waals surface area (Å²) in [4.78, 5) is 11.7. The summed E-state index contributed by atoms with van der Waals surface area (Å²) in [5.74, 6) is -0.415. The van der Waals surface area contributed by atoms with E-state index < -0.39 is 0 Å². The highest BCUT2D eigenvalue weighted by atomic mass is 19.1. The van der Waals surface area contributed by atoms with Crippen molar-refractivity contribution in [2.24, 2.45) is 0 Å². The van der Waals surface area contributed by atoms with Crippen LogP contribution in [0.15, 0.2) is 36.7 Å². The lowest BCUT2D eigenvalue weighted by Gasteiger charge is -2.08. The van der Waals surface area contributed by atoms with Gasteiger partial charge in [0.05, 0.1) is 0 Å². The van der Waals surface area contributed by atoms with Gasteiger partial charge in [-0.15, -0.1) is 0 Å². The molecule has 0 aliphatic heterocycles. The van der Waals surface area contributed by atoms with E-state index in [1.807, 2.05) is 6.07 Å². The van der Waals surface area contributed by atoms with Crippen LogP contribution in [0.5, 0.6) is 0 Å². The number of nitrogens with one attached hydrogen (secondary N) is 1. The lowest BCUT2D eigenvalue weighted by molar-refractivity contribution is -0.116. The summed E-state index contributed by atoms with van der Waals surface area (Å²) in [5, 5.41) is 6.76. The number of hydrogen-bond acceptors (Lipinski definition) is 2. The standard InChI is InChI=1S/C13H14FN3O/c1-10-9-11(14)3-4-12(10)16-13(18)5-8-17-7-2-6-15-17/h2-4,6-7,9H,5,8H2,1H3,(H,16,18). The van der Waals surface area contributed by atoms with Gasteiger partial charge in [-0.05, 0) is 36.8 Å². The Morgan fingerprint density at radius 1 is 1.50 bits per heavy atom. The van der Waals surface area contributed by atoms with Gasteiger partial charge in [0.1, 0.15) is 5.82 Å². The molecule has 1 aromatic carbocycles. The van der Waals surface area contributed by atoms with Gasteiger partial charge in [-0.3, -0.25) is 9.48 Å². The molecule has 0 spiro atoms.